The van der Waals surface area contributed by atoms with Crippen molar-refractivity contribution in [3.05, 3.63) is 60.8 Å². The summed E-state index contributed by atoms with van der Waals surface area (Å²) in [6, 6.07) is 0. The van der Waals surface area contributed by atoms with Gasteiger partial charge in [-0.05, 0) is 57.4 Å². The molecule has 2 rings (SSSR count). The molecule has 0 saturated carbocycles. The fraction of sp³-hybridized carbons (Fsp3) is 0.629. The summed E-state index contributed by atoms with van der Waals surface area (Å²) in [6.45, 7) is 15.2. The van der Waals surface area contributed by atoms with Crippen LogP contribution in [-0.2, 0) is 38.1 Å². The summed E-state index contributed by atoms with van der Waals surface area (Å²) < 4.78 is 29.8. The number of rotatable bonds is 17. The molecule has 2 aliphatic heterocycles. The number of carbonyl (C=O) groups is 3. The van der Waals surface area contributed by atoms with Crippen molar-refractivity contribution in [2.45, 2.75) is 115 Å². The predicted molar refractivity (Wildman–Crippen MR) is 168 cm³/mol. The lowest BCUT2D eigenvalue weighted by Gasteiger charge is -2.53. The maximum atomic E-state index is 13.2. The Hall–Kier alpha value is -3.01. The van der Waals surface area contributed by atoms with Crippen LogP contribution in [0.15, 0.2) is 60.8 Å². The number of allylic oxidation sites excluding steroid dienone is 2. The van der Waals surface area contributed by atoms with Crippen LogP contribution in [0.5, 0.6) is 0 Å². The number of unbranched alkanes of at least 4 members (excludes halogenated alkanes) is 1. The minimum Gasteiger partial charge on any atom is -0.461 e. The van der Waals surface area contributed by atoms with E-state index in [-0.39, 0.29) is 38.8 Å². The highest BCUT2D eigenvalue weighted by atomic mass is 16.7. The Labute approximate surface area is 263 Å². The van der Waals surface area contributed by atoms with Crippen LogP contribution < -0.4 is 0 Å². The van der Waals surface area contributed by atoms with Gasteiger partial charge in [-0.3, -0.25) is 9.59 Å². The lowest BCUT2D eigenvalue weighted by atomic mass is 9.78. The molecule has 1 spiro atoms. The highest BCUT2D eigenvalue weighted by Gasteiger charge is 2.54. The third-order valence-corrected chi connectivity index (χ3v) is 8.11. The van der Waals surface area contributed by atoms with Gasteiger partial charge in [0.15, 0.2) is 5.79 Å². The Morgan fingerprint density at radius 2 is 1.70 bits per heavy atom. The molecule has 5 atom stereocenters. The molecule has 0 aromatic carbocycles. The van der Waals surface area contributed by atoms with E-state index in [4.69, 9.17) is 23.7 Å². The Morgan fingerprint density at radius 1 is 1.00 bits per heavy atom. The van der Waals surface area contributed by atoms with Gasteiger partial charge in [-0.15, -0.1) is 0 Å². The topological polar surface area (TPSA) is 118 Å². The molecule has 246 valence electrons. The van der Waals surface area contributed by atoms with Gasteiger partial charge in [-0.1, -0.05) is 69.4 Å². The second kappa shape index (κ2) is 18.7. The molecule has 0 unspecified atom stereocenters. The van der Waals surface area contributed by atoms with E-state index in [0.29, 0.717) is 43.6 Å². The first-order valence-electron chi connectivity index (χ1n) is 15.8. The Morgan fingerprint density at radius 3 is 2.39 bits per heavy atom. The zero-order valence-electron chi connectivity index (χ0n) is 27.0. The lowest BCUT2D eigenvalue weighted by molar-refractivity contribution is -0.344. The van der Waals surface area contributed by atoms with Gasteiger partial charge >= 0.3 is 17.9 Å². The van der Waals surface area contributed by atoms with E-state index in [2.05, 4.69) is 27.0 Å². The van der Waals surface area contributed by atoms with Gasteiger partial charge in [0, 0.05) is 18.9 Å². The Bertz CT molecular complexity index is 1070. The van der Waals surface area contributed by atoms with Crippen molar-refractivity contribution in [1.29, 1.82) is 0 Å². The quantitative estimate of drug-likeness (QED) is 0.0668. The standard InChI is InChI=1S/C35H52O9/c1-7-10-18-34(44-32(38)16-15-31(37)40-22-8-2)20-21-35(19-17-28(6)29(42-35)13-11-27(5)25-36)43-30(34)14-12-26(4)24-33(39)41-23-9-3/h8-9,11-12,14,24,28-30,36H,2-3,7,10,13,15-23,25H2,1,4-6H3/b14-12+,26-24+,27-11+/t28-,29-,30-,34+,35-/m0/s1. The largest absolute Gasteiger partial charge is 0.461 e. The zero-order valence-corrected chi connectivity index (χ0v) is 27.0. The molecular formula is C35H52O9. The number of ether oxygens (including phenoxy) is 5. The van der Waals surface area contributed by atoms with Crippen LogP contribution in [0.25, 0.3) is 0 Å². The number of aliphatic hydroxyl groups is 1. The first kappa shape index (κ1) is 37.2. The molecule has 1 N–H and O–H groups in total. The molecule has 0 aliphatic carbocycles. The molecule has 9 heteroatoms. The first-order chi connectivity index (χ1) is 21.0. The van der Waals surface area contributed by atoms with Crippen molar-refractivity contribution < 1.29 is 43.2 Å². The van der Waals surface area contributed by atoms with Crippen LogP contribution >= 0.6 is 0 Å². The van der Waals surface area contributed by atoms with Gasteiger partial charge in [0.25, 0.3) is 0 Å². The van der Waals surface area contributed by atoms with E-state index in [1.54, 1.807) is 13.0 Å². The number of carbonyl (C=O) groups excluding carboxylic acids is 3. The van der Waals surface area contributed by atoms with Gasteiger partial charge in [0.05, 0.1) is 25.6 Å². The van der Waals surface area contributed by atoms with E-state index < -0.39 is 35.4 Å². The van der Waals surface area contributed by atoms with Gasteiger partial charge in [0.1, 0.15) is 24.9 Å². The number of hydrogen-bond acceptors (Lipinski definition) is 9. The van der Waals surface area contributed by atoms with Crippen molar-refractivity contribution in [2.24, 2.45) is 5.92 Å². The summed E-state index contributed by atoms with van der Waals surface area (Å²) in [5.41, 5.74) is 0.542. The second-order valence-electron chi connectivity index (χ2n) is 11.8. The van der Waals surface area contributed by atoms with E-state index in [1.807, 2.05) is 19.1 Å². The second-order valence-corrected chi connectivity index (χ2v) is 11.8. The van der Waals surface area contributed by atoms with E-state index in [1.165, 1.54) is 18.2 Å². The first-order valence-corrected chi connectivity index (χ1v) is 15.8. The molecule has 0 amide bonds. The minimum atomic E-state index is -0.987. The maximum Gasteiger partial charge on any atom is 0.331 e. The number of aliphatic hydroxyl groups excluding tert-OH is 1. The van der Waals surface area contributed by atoms with Crippen LogP contribution in [0.4, 0.5) is 0 Å². The van der Waals surface area contributed by atoms with Crippen molar-refractivity contribution >= 4 is 17.9 Å². The highest BCUT2D eigenvalue weighted by Crippen LogP contribution is 2.48. The summed E-state index contributed by atoms with van der Waals surface area (Å²) in [6.07, 6.45) is 14.5. The van der Waals surface area contributed by atoms with Gasteiger partial charge < -0.3 is 28.8 Å². The van der Waals surface area contributed by atoms with Crippen molar-refractivity contribution in [2.75, 3.05) is 19.8 Å². The van der Waals surface area contributed by atoms with Crippen LogP contribution in [0.3, 0.4) is 0 Å². The molecule has 2 heterocycles. The fourth-order valence-electron chi connectivity index (χ4n) is 5.44. The fourth-order valence-corrected chi connectivity index (χ4v) is 5.44. The van der Waals surface area contributed by atoms with Crippen molar-refractivity contribution in [3.8, 4) is 0 Å². The molecule has 44 heavy (non-hydrogen) atoms. The van der Waals surface area contributed by atoms with Gasteiger partial charge in [-0.2, -0.15) is 0 Å². The predicted octanol–water partition coefficient (Wildman–Crippen LogP) is 6.22. The molecule has 2 aliphatic rings. The monoisotopic (exact) mass is 616 g/mol. The van der Waals surface area contributed by atoms with E-state index >= 15 is 0 Å². The van der Waals surface area contributed by atoms with E-state index in [0.717, 1.165) is 24.8 Å². The van der Waals surface area contributed by atoms with Crippen LogP contribution in [0, 0.1) is 5.92 Å². The maximum absolute atomic E-state index is 13.2. The highest BCUT2D eigenvalue weighted by molar-refractivity contribution is 5.83. The Kier molecular flexibility index (Phi) is 15.8. The van der Waals surface area contributed by atoms with Crippen LogP contribution in [0.2, 0.25) is 0 Å². The van der Waals surface area contributed by atoms with Gasteiger partial charge in [0.2, 0.25) is 0 Å². The molecule has 0 radical (unpaired) electrons. The summed E-state index contributed by atoms with van der Waals surface area (Å²) in [4.78, 5) is 37.3. The number of esters is 3. The molecular weight excluding hydrogens is 564 g/mol. The smallest absolute Gasteiger partial charge is 0.331 e. The average Bonchev–Trinajstić information content (AvgIpc) is 3.01. The van der Waals surface area contributed by atoms with Crippen molar-refractivity contribution in [3.63, 3.8) is 0 Å². The molecule has 0 aromatic heterocycles. The van der Waals surface area contributed by atoms with Crippen LogP contribution in [-0.4, -0.2) is 66.4 Å². The van der Waals surface area contributed by atoms with Gasteiger partial charge in [-0.25, -0.2) is 4.79 Å². The SMILES string of the molecule is C=CCOC(=O)/C=C(C)/C=C/[C@@H]1O[C@@]2(CC[C@H](C)[C@H](C/C=C(\C)CO)O2)CC[C@@]1(CCCC)OC(=O)CCC(=O)OCC=C. The molecule has 0 bridgehead atoms. The molecule has 9 nitrogen and oxygen atoms in total. The molecule has 0 aromatic rings. The zero-order chi connectivity index (χ0) is 32.6. The molecule has 2 saturated heterocycles. The van der Waals surface area contributed by atoms with E-state index in [9.17, 15) is 19.5 Å². The summed E-state index contributed by atoms with van der Waals surface area (Å²) >= 11 is 0. The lowest BCUT2D eigenvalue weighted by Crippen LogP contribution is -2.59. The Balaban J connectivity index is 2.38. The third-order valence-electron chi connectivity index (χ3n) is 8.11. The van der Waals surface area contributed by atoms with Crippen LogP contribution in [0.1, 0.15) is 91.9 Å². The normalized spacial score (nSPS) is 27.6. The minimum absolute atomic E-state index is 0.000901. The third kappa shape index (κ3) is 11.8. The summed E-state index contributed by atoms with van der Waals surface area (Å²) in [5.74, 6) is -2.05. The van der Waals surface area contributed by atoms with Crippen molar-refractivity contribution in [1.82, 2.24) is 0 Å². The summed E-state index contributed by atoms with van der Waals surface area (Å²) in [7, 11) is 0. The molecule has 2 fully saturated rings. The average molecular weight is 617 g/mol. The number of hydrogen-bond donors (Lipinski definition) is 1. The summed E-state index contributed by atoms with van der Waals surface area (Å²) in [5, 5.41) is 9.46.